The van der Waals surface area contributed by atoms with Gasteiger partial charge in [-0.15, -0.1) is 0 Å². The van der Waals surface area contributed by atoms with Crippen LogP contribution in [0.1, 0.15) is 125 Å². The first-order valence-corrected chi connectivity index (χ1v) is 10.0. The second kappa shape index (κ2) is 43.4. The van der Waals surface area contributed by atoms with E-state index in [-0.39, 0.29) is 12.9 Å². The molecule has 4 N–H and O–H groups in total. The van der Waals surface area contributed by atoms with E-state index in [0.717, 1.165) is 12.8 Å². The molecule has 0 bridgehead atoms. The van der Waals surface area contributed by atoms with E-state index in [9.17, 15) is 0 Å². The number of rotatable bonds is 14. The minimum Gasteiger partial charge on any atom is -0.412 e. The average Bonchev–Trinajstić information content (AvgIpc) is 2.57. The van der Waals surface area contributed by atoms with Gasteiger partial charge in [0.25, 0.3) is 0 Å². The smallest absolute Gasteiger partial charge is 0.0431 e. The molecule has 24 heavy (non-hydrogen) atoms. The lowest BCUT2D eigenvalue weighted by Crippen LogP contribution is -1.84. The van der Waals surface area contributed by atoms with Crippen molar-refractivity contribution in [1.29, 1.82) is 0 Å². The van der Waals surface area contributed by atoms with E-state index in [2.05, 4.69) is 13.8 Å². The molecule has 3 heteroatoms. The number of hydrogen-bond acceptors (Lipinski definition) is 2. The summed E-state index contributed by atoms with van der Waals surface area (Å²) >= 11 is 0. The molecule has 0 aromatic carbocycles. The molecule has 0 fully saturated rings. The van der Waals surface area contributed by atoms with Crippen molar-refractivity contribution in [2.24, 2.45) is 0 Å². The standard InChI is InChI=1S/C11H24O.C7H16O.C2H6.CH4.H2O/c1-2-3-4-5-6-7-8-9-10-11-12;1-2-3-4-5-6-7-8;1-2;;/h12H,2-11H2,1H3;8H,2-7H2,1H3;1-2H3;1H4;1H2. The number of hydrogen-bond donors (Lipinski definition) is 2. The van der Waals surface area contributed by atoms with Crippen molar-refractivity contribution in [3.05, 3.63) is 0 Å². The largest absolute Gasteiger partial charge is 0.412 e. The van der Waals surface area contributed by atoms with Gasteiger partial charge in [-0.3, -0.25) is 0 Å². The summed E-state index contributed by atoms with van der Waals surface area (Å²) in [5.41, 5.74) is 0. The first-order chi connectivity index (χ1) is 10.8. The molecule has 0 aromatic rings. The van der Waals surface area contributed by atoms with Crippen LogP contribution in [0.2, 0.25) is 0 Å². The Morgan fingerprint density at radius 2 is 0.667 bits per heavy atom. The third-order valence-corrected chi connectivity index (χ3v) is 3.52. The van der Waals surface area contributed by atoms with Crippen molar-refractivity contribution in [2.45, 2.75) is 125 Å². The molecule has 0 spiro atoms. The van der Waals surface area contributed by atoms with E-state index < -0.39 is 0 Å². The van der Waals surface area contributed by atoms with Gasteiger partial charge in [0, 0.05) is 13.2 Å². The normalized spacial score (nSPS) is 8.75. The molecule has 0 rings (SSSR count). The molecule has 0 aliphatic carbocycles. The van der Waals surface area contributed by atoms with Crippen molar-refractivity contribution in [2.75, 3.05) is 13.2 Å². The van der Waals surface area contributed by atoms with Gasteiger partial charge in [0.15, 0.2) is 0 Å². The van der Waals surface area contributed by atoms with E-state index in [1.807, 2.05) is 13.8 Å². The van der Waals surface area contributed by atoms with Crippen LogP contribution >= 0.6 is 0 Å². The van der Waals surface area contributed by atoms with Crippen LogP contribution in [0.15, 0.2) is 0 Å². The van der Waals surface area contributed by atoms with E-state index in [1.54, 1.807) is 0 Å². The zero-order valence-electron chi connectivity index (χ0n) is 16.7. The third-order valence-electron chi connectivity index (χ3n) is 3.52. The van der Waals surface area contributed by atoms with E-state index in [4.69, 9.17) is 10.2 Å². The van der Waals surface area contributed by atoms with Gasteiger partial charge in [-0.25, -0.2) is 0 Å². The molecule has 0 aliphatic heterocycles. The first-order valence-electron chi connectivity index (χ1n) is 10.0. The fraction of sp³-hybridized carbons (Fsp3) is 1.00. The Morgan fingerprint density at radius 3 is 0.875 bits per heavy atom. The molecule has 3 nitrogen and oxygen atoms in total. The van der Waals surface area contributed by atoms with Crippen LogP contribution in [0, 0.1) is 0 Å². The van der Waals surface area contributed by atoms with Gasteiger partial charge in [0.1, 0.15) is 0 Å². The SMILES string of the molecule is C.CC.CCCCCCCCCCCO.CCCCCCCO.O. The summed E-state index contributed by atoms with van der Waals surface area (Å²) in [6.45, 7) is 9.18. The fourth-order valence-electron chi connectivity index (χ4n) is 2.14. The summed E-state index contributed by atoms with van der Waals surface area (Å²) < 4.78 is 0. The molecular weight excluding hydrogens is 300 g/mol. The fourth-order valence-corrected chi connectivity index (χ4v) is 2.14. The van der Waals surface area contributed by atoms with Gasteiger partial charge in [-0.05, 0) is 12.8 Å². The molecule has 0 atom stereocenters. The van der Waals surface area contributed by atoms with Crippen LogP contribution in [0.5, 0.6) is 0 Å². The highest BCUT2D eigenvalue weighted by Gasteiger charge is 1.90. The Morgan fingerprint density at radius 1 is 0.458 bits per heavy atom. The van der Waals surface area contributed by atoms with Crippen molar-refractivity contribution in [3.8, 4) is 0 Å². The highest BCUT2D eigenvalue weighted by atomic mass is 16.3. The maximum atomic E-state index is 8.54. The molecule has 0 unspecified atom stereocenters. The summed E-state index contributed by atoms with van der Waals surface area (Å²) in [4.78, 5) is 0. The Kier molecular flexibility index (Phi) is 63.5. The van der Waals surface area contributed by atoms with Crippen molar-refractivity contribution in [3.63, 3.8) is 0 Å². The monoisotopic (exact) mass is 352 g/mol. The Bertz CT molecular complexity index is 125. The van der Waals surface area contributed by atoms with Gasteiger partial charge in [-0.2, -0.15) is 0 Å². The van der Waals surface area contributed by atoms with Crippen LogP contribution in [0.3, 0.4) is 0 Å². The summed E-state index contributed by atoms with van der Waals surface area (Å²) in [7, 11) is 0. The number of aliphatic hydroxyl groups excluding tert-OH is 2. The molecule has 0 saturated carbocycles. The second-order valence-electron chi connectivity index (χ2n) is 5.69. The summed E-state index contributed by atoms with van der Waals surface area (Å²) in [6, 6.07) is 0. The molecule has 0 heterocycles. The Labute approximate surface area is 154 Å². The zero-order chi connectivity index (χ0) is 17.3. The van der Waals surface area contributed by atoms with Crippen LogP contribution in [-0.4, -0.2) is 28.9 Å². The lowest BCUT2D eigenvalue weighted by molar-refractivity contribution is 0.282. The molecule has 0 aliphatic rings. The van der Waals surface area contributed by atoms with Crippen LogP contribution in [0.4, 0.5) is 0 Å². The van der Waals surface area contributed by atoms with Crippen LogP contribution in [0.25, 0.3) is 0 Å². The van der Waals surface area contributed by atoms with Gasteiger partial charge < -0.3 is 15.7 Å². The predicted octanol–water partition coefficient (Wildman–Crippen LogP) is 6.30. The topological polar surface area (TPSA) is 72.0 Å². The molecule has 0 amide bonds. The minimum atomic E-state index is 0. The summed E-state index contributed by atoms with van der Waals surface area (Å²) in [5.74, 6) is 0. The Hall–Kier alpha value is -0.120. The van der Waals surface area contributed by atoms with E-state index in [1.165, 1.54) is 77.0 Å². The molecular formula is C21H52O3. The highest BCUT2D eigenvalue weighted by molar-refractivity contribution is 4.45. The third kappa shape index (κ3) is 49.5. The van der Waals surface area contributed by atoms with Gasteiger partial charge in [0.05, 0.1) is 0 Å². The first kappa shape index (κ1) is 35.1. The van der Waals surface area contributed by atoms with Crippen molar-refractivity contribution < 1.29 is 15.7 Å². The maximum absolute atomic E-state index is 8.54. The van der Waals surface area contributed by atoms with Gasteiger partial charge >= 0.3 is 0 Å². The Balaban J connectivity index is -0.0000000886. The molecule has 154 valence electrons. The number of unbranched alkanes of at least 4 members (excludes halogenated alkanes) is 12. The van der Waals surface area contributed by atoms with Crippen LogP contribution < -0.4 is 0 Å². The highest BCUT2D eigenvalue weighted by Crippen LogP contribution is 2.08. The quantitative estimate of drug-likeness (QED) is 0.360. The van der Waals surface area contributed by atoms with Gasteiger partial charge in [0.2, 0.25) is 0 Å². The molecule has 0 radical (unpaired) electrons. The zero-order valence-corrected chi connectivity index (χ0v) is 16.7. The lowest BCUT2D eigenvalue weighted by atomic mass is 10.1. The summed E-state index contributed by atoms with van der Waals surface area (Å²) in [5, 5.41) is 16.9. The second-order valence-corrected chi connectivity index (χ2v) is 5.69. The van der Waals surface area contributed by atoms with Crippen molar-refractivity contribution in [1.82, 2.24) is 0 Å². The van der Waals surface area contributed by atoms with Gasteiger partial charge in [-0.1, -0.05) is 112 Å². The maximum Gasteiger partial charge on any atom is 0.0431 e. The van der Waals surface area contributed by atoms with Crippen LogP contribution in [-0.2, 0) is 0 Å². The average molecular weight is 353 g/mol. The summed E-state index contributed by atoms with van der Waals surface area (Å²) in [6.07, 6.45) is 17.9. The van der Waals surface area contributed by atoms with E-state index >= 15 is 0 Å². The minimum absolute atomic E-state index is 0. The van der Waals surface area contributed by atoms with Crippen molar-refractivity contribution >= 4 is 0 Å². The number of aliphatic hydroxyl groups is 2. The lowest BCUT2D eigenvalue weighted by Gasteiger charge is -1.99. The van der Waals surface area contributed by atoms with E-state index in [0.29, 0.717) is 13.2 Å². The molecule has 0 saturated heterocycles. The molecule has 0 aromatic heterocycles. The predicted molar refractivity (Wildman–Crippen MR) is 112 cm³/mol.